The second-order valence-corrected chi connectivity index (χ2v) is 4.34. The number of anilines is 1. The molecule has 2 aromatic heterocycles. The average molecular weight is 248 g/mol. The molecule has 5 nitrogen and oxygen atoms in total. The molecule has 6 heteroatoms. The Bertz CT molecular complexity index is 587. The second-order valence-electron chi connectivity index (χ2n) is 3.93. The van der Waals surface area contributed by atoms with Crippen LogP contribution in [0.5, 0.6) is 5.88 Å². The van der Waals surface area contributed by atoms with Gasteiger partial charge in [0.25, 0.3) is 0 Å². The minimum atomic E-state index is 0.595. The summed E-state index contributed by atoms with van der Waals surface area (Å²) in [5.41, 5.74) is 1.80. The van der Waals surface area contributed by atoms with E-state index in [-0.39, 0.29) is 0 Å². The summed E-state index contributed by atoms with van der Waals surface area (Å²) < 4.78 is 5.62. The lowest BCUT2D eigenvalue weighted by atomic mass is 10.2. The third kappa shape index (κ3) is 1.80. The Kier molecular flexibility index (Phi) is 2.56. The van der Waals surface area contributed by atoms with Gasteiger partial charge in [-0.25, -0.2) is 15.0 Å². The van der Waals surface area contributed by atoms with Crippen molar-refractivity contribution in [3.63, 3.8) is 0 Å². The molecule has 0 radical (unpaired) electrons. The number of nitrogens with zero attached hydrogens (tertiary/aromatic N) is 3. The van der Waals surface area contributed by atoms with Crippen LogP contribution in [0.3, 0.4) is 0 Å². The lowest BCUT2D eigenvalue weighted by Crippen LogP contribution is -2.09. The molecule has 2 aromatic rings. The first kappa shape index (κ1) is 10.7. The predicted octanol–water partition coefficient (Wildman–Crippen LogP) is 1.51. The SMILES string of the molecule is Cc1cc2nc(CP)nc3c2c(n1)OCCN3. The normalized spacial score (nSPS) is 14.0. The third-order valence-electron chi connectivity index (χ3n) is 2.64. The standard InChI is InChI=1S/C11H13N4OP/c1-6-4-7-9-10(15-8(5-17)14-7)12-2-3-16-11(9)13-6/h4H,2-3,5,17H2,1H3,(H,12,14,15). The molecule has 0 fully saturated rings. The zero-order chi connectivity index (χ0) is 11.8. The number of aromatic nitrogens is 3. The van der Waals surface area contributed by atoms with Gasteiger partial charge < -0.3 is 10.1 Å². The second kappa shape index (κ2) is 4.08. The van der Waals surface area contributed by atoms with E-state index in [2.05, 4.69) is 29.5 Å². The zero-order valence-electron chi connectivity index (χ0n) is 9.53. The predicted molar refractivity (Wildman–Crippen MR) is 69.5 cm³/mol. The van der Waals surface area contributed by atoms with Gasteiger partial charge in [-0.3, -0.25) is 0 Å². The van der Waals surface area contributed by atoms with Gasteiger partial charge in [-0.05, 0) is 13.0 Å². The first-order valence-electron chi connectivity index (χ1n) is 5.53. The lowest BCUT2D eigenvalue weighted by Gasteiger charge is -2.08. The Labute approximate surface area is 101 Å². The Morgan fingerprint density at radius 2 is 2.29 bits per heavy atom. The van der Waals surface area contributed by atoms with Crippen LogP contribution in [0.25, 0.3) is 10.9 Å². The van der Waals surface area contributed by atoms with E-state index in [9.17, 15) is 0 Å². The van der Waals surface area contributed by atoms with Crippen molar-refractivity contribution in [2.75, 3.05) is 18.5 Å². The van der Waals surface area contributed by atoms with Gasteiger partial charge in [0.05, 0.1) is 12.1 Å². The third-order valence-corrected chi connectivity index (χ3v) is 3.00. The number of nitrogens with one attached hydrogen (secondary N) is 1. The molecule has 3 rings (SSSR count). The van der Waals surface area contributed by atoms with Crippen LogP contribution in [0, 0.1) is 6.92 Å². The van der Waals surface area contributed by atoms with E-state index in [1.165, 1.54) is 0 Å². The summed E-state index contributed by atoms with van der Waals surface area (Å²) >= 11 is 0. The molecule has 0 aliphatic carbocycles. The van der Waals surface area contributed by atoms with Crippen LogP contribution in [-0.4, -0.2) is 28.1 Å². The topological polar surface area (TPSA) is 59.9 Å². The van der Waals surface area contributed by atoms with Crippen molar-refractivity contribution in [1.29, 1.82) is 0 Å². The fourth-order valence-electron chi connectivity index (χ4n) is 1.93. The highest BCUT2D eigenvalue weighted by Crippen LogP contribution is 2.31. The summed E-state index contributed by atoms with van der Waals surface area (Å²) in [5, 5.41) is 4.14. The fourth-order valence-corrected chi connectivity index (χ4v) is 2.11. The quantitative estimate of drug-likeness (QED) is 0.775. The number of pyridine rings is 1. The van der Waals surface area contributed by atoms with E-state index >= 15 is 0 Å². The molecule has 88 valence electrons. The minimum Gasteiger partial charge on any atom is -0.475 e. The van der Waals surface area contributed by atoms with Gasteiger partial charge in [-0.2, -0.15) is 0 Å². The summed E-state index contributed by atoms with van der Waals surface area (Å²) in [6, 6.07) is 1.96. The number of aryl methyl sites for hydroxylation is 1. The first-order valence-corrected chi connectivity index (χ1v) is 6.34. The summed E-state index contributed by atoms with van der Waals surface area (Å²) in [6.45, 7) is 3.27. The molecule has 1 atom stereocenters. The van der Waals surface area contributed by atoms with E-state index in [1.54, 1.807) is 0 Å². The van der Waals surface area contributed by atoms with Gasteiger partial charge in [0, 0.05) is 11.9 Å². The van der Waals surface area contributed by atoms with Crippen molar-refractivity contribution in [3.8, 4) is 5.88 Å². The van der Waals surface area contributed by atoms with Crippen LogP contribution < -0.4 is 10.1 Å². The van der Waals surface area contributed by atoms with Crippen molar-refractivity contribution < 1.29 is 4.74 Å². The van der Waals surface area contributed by atoms with Crippen molar-refractivity contribution in [1.82, 2.24) is 15.0 Å². The smallest absolute Gasteiger partial charge is 0.227 e. The molecule has 0 saturated heterocycles. The van der Waals surface area contributed by atoms with Gasteiger partial charge >= 0.3 is 0 Å². The van der Waals surface area contributed by atoms with E-state index in [0.717, 1.165) is 40.9 Å². The molecular formula is C11H13N4OP. The number of hydrogen-bond acceptors (Lipinski definition) is 5. The maximum absolute atomic E-state index is 5.62. The Morgan fingerprint density at radius 1 is 1.41 bits per heavy atom. The van der Waals surface area contributed by atoms with E-state index in [4.69, 9.17) is 4.74 Å². The Balaban J connectivity index is 2.37. The Morgan fingerprint density at radius 3 is 3.12 bits per heavy atom. The molecule has 1 aliphatic rings. The average Bonchev–Trinajstić information content (AvgIpc) is 2.52. The Hall–Kier alpha value is -1.48. The van der Waals surface area contributed by atoms with Crippen LogP contribution in [-0.2, 0) is 6.16 Å². The van der Waals surface area contributed by atoms with E-state index in [1.807, 2.05) is 13.0 Å². The van der Waals surface area contributed by atoms with Crippen molar-refractivity contribution in [3.05, 3.63) is 17.6 Å². The molecule has 17 heavy (non-hydrogen) atoms. The van der Waals surface area contributed by atoms with E-state index < -0.39 is 0 Å². The summed E-state index contributed by atoms with van der Waals surface area (Å²) in [5.74, 6) is 2.27. The van der Waals surface area contributed by atoms with E-state index in [0.29, 0.717) is 12.5 Å². The van der Waals surface area contributed by atoms with Crippen LogP contribution in [0.2, 0.25) is 0 Å². The molecule has 0 saturated carbocycles. The minimum absolute atomic E-state index is 0.595. The molecule has 3 heterocycles. The monoisotopic (exact) mass is 248 g/mol. The number of hydrogen-bond donors (Lipinski definition) is 1. The molecule has 0 amide bonds. The highest BCUT2D eigenvalue weighted by molar-refractivity contribution is 7.15. The number of rotatable bonds is 1. The van der Waals surface area contributed by atoms with Gasteiger partial charge in [-0.15, -0.1) is 9.24 Å². The zero-order valence-corrected chi connectivity index (χ0v) is 10.7. The summed E-state index contributed by atoms with van der Waals surface area (Å²) in [6.07, 6.45) is 0.738. The van der Waals surface area contributed by atoms with Crippen LogP contribution >= 0.6 is 9.24 Å². The highest BCUT2D eigenvalue weighted by atomic mass is 31.0. The first-order chi connectivity index (χ1) is 8.28. The molecule has 0 spiro atoms. The van der Waals surface area contributed by atoms with Crippen LogP contribution in [0.1, 0.15) is 11.5 Å². The molecular weight excluding hydrogens is 235 g/mol. The summed E-state index contributed by atoms with van der Waals surface area (Å²) in [4.78, 5) is 13.4. The fraction of sp³-hybridized carbons (Fsp3) is 0.364. The van der Waals surface area contributed by atoms with Gasteiger partial charge in [0.15, 0.2) is 0 Å². The molecule has 1 aliphatic heterocycles. The number of ether oxygens (including phenoxy) is 1. The molecule has 0 bridgehead atoms. The maximum atomic E-state index is 5.62. The van der Waals surface area contributed by atoms with Crippen LogP contribution in [0.15, 0.2) is 6.07 Å². The summed E-state index contributed by atoms with van der Waals surface area (Å²) in [7, 11) is 2.64. The maximum Gasteiger partial charge on any atom is 0.227 e. The van der Waals surface area contributed by atoms with Gasteiger partial charge in [-0.1, -0.05) is 0 Å². The van der Waals surface area contributed by atoms with Gasteiger partial charge in [0.1, 0.15) is 23.6 Å². The van der Waals surface area contributed by atoms with Crippen molar-refractivity contribution in [2.24, 2.45) is 0 Å². The highest BCUT2D eigenvalue weighted by Gasteiger charge is 2.16. The largest absolute Gasteiger partial charge is 0.475 e. The molecule has 0 aromatic carbocycles. The molecule has 1 unspecified atom stereocenters. The van der Waals surface area contributed by atoms with Crippen molar-refractivity contribution >= 4 is 26.0 Å². The van der Waals surface area contributed by atoms with Crippen molar-refractivity contribution in [2.45, 2.75) is 13.1 Å². The molecule has 1 N–H and O–H groups in total. The van der Waals surface area contributed by atoms with Crippen LogP contribution in [0.4, 0.5) is 5.82 Å². The lowest BCUT2D eigenvalue weighted by molar-refractivity contribution is 0.326. The van der Waals surface area contributed by atoms with Gasteiger partial charge in [0.2, 0.25) is 5.88 Å².